The fourth-order valence-corrected chi connectivity index (χ4v) is 5.79. The zero-order chi connectivity index (χ0) is 29.1. The fraction of sp³-hybridized carbons (Fsp3) is 0.581. The molecule has 1 saturated carbocycles. The van der Waals surface area contributed by atoms with Crippen molar-refractivity contribution >= 4 is 17.9 Å². The van der Waals surface area contributed by atoms with Gasteiger partial charge >= 0.3 is 17.9 Å². The van der Waals surface area contributed by atoms with Gasteiger partial charge in [-0.25, -0.2) is 4.79 Å². The van der Waals surface area contributed by atoms with Crippen LogP contribution in [-0.4, -0.2) is 58.1 Å². The van der Waals surface area contributed by atoms with Gasteiger partial charge in [0.2, 0.25) is 0 Å². The fourth-order valence-electron chi connectivity index (χ4n) is 5.79. The van der Waals surface area contributed by atoms with E-state index < -0.39 is 65.2 Å². The first-order chi connectivity index (χ1) is 18.2. The summed E-state index contributed by atoms with van der Waals surface area (Å²) in [7, 11) is 0. The van der Waals surface area contributed by atoms with Crippen LogP contribution >= 0.6 is 0 Å². The van der Waals surface area contributed by atoms with E-state index in [0.29, 0.717) is 11.1 Å². The molecule has 0 aromatic heterocycles. The van der Waals surface area contributed by atoms with Crippen molar-refractivity contribution in [2.75, 3.05) is 0 Å². The van der Waals surface area contributed by atoms with Crippen LogP contribution in [0.4, 0.5) is 0 Å². The van der Waals surface area contributed by atoms with E-state index in [1.54, 1.807) is 43.3 Å². The minimum atomic E-state index is -1.60. The van der Waals surface area contributed by atoms with Crippen LogP contribution in [0.25, 0.3) is 0 Å². The Labute approximate surface area is 231 Å². The third kappa shape index (κ3) is 6.97. The number of rotatable bonds is 4. The molecule has 2 aliphatic rings. The van der Waals surface area contributed by atoms with Gasteiger partial charge in [0.05, 0.1) is 11.7 Å². The summed E-state index contributed by atoms with van der Waals surface area (Å²) in [4.78, 5) is 37.4. The maximum Gasteiger partial charge on any atom is 0.338 e. The molecule has 39 heavy (non-hydrogen) atoms. The molecule has 2 aliphatic carbocycles. The van der Waals surface area contributed by atoms with Gasteiger partial charge in [0.1, 0.15) is 23.9 Å². The molecule has 0 saturated heterocycles. The van der Waals surface area contributed by atoms with E-state index in [1.165, 1.54) is 13.8 Å². The monoisotopic (exact) mass is 542 g/mol. The van der Waals surface area contributed by atoms with Gasteiger partial charge in [0, 0.05) is 37.5 Å². The van der Waals surface area contributed by atoms with Crippen LogP contribution in [0.1, 0.15) is 71.7 Å². The highest BCUT2D eigenvalue weighted by molar-refractivity contribution is 5.89. The quantitative estimate of drug-likeness (QED) is 0.327. The summed E-state index contributed by atoms with van der Waals surface area (Å²) in [6, 6.07) is 8.60. The summed E-state index contributed by atoms with van der Waals surface area (Å²) in [6.07, 6.45) is 2.40. The van der Waals surface area contributed by atoms with E-state index in [4.69, 9.17) is 14.2 Å². The third-order valence-electron chi connectivity index (χ3n) is 8.04. The van der Waals surface area contributed by atoms with Gasteiger partial charge < -0.3 is 24.4 Å². The van der Waals surface area contributed by atoms with Gasteiger partial charge in [0.25, 0.3) is 0 Å². The van der Waals surface area contributed by atoms with Gasteiger partial charge in [-0.05, 0) is 37.0 Å². The number of hydrogen-bond acceptors (Lipinski definition) is 8. The van der Waals surface area contributed by atoms with Crippen molar-refractivity contribution in [2.24, 2.45) is 23.2 Å². The number of ether oxygens (including phenoxy) is 3. The minimum Gasteiger partial charge on any atom is -0.459 e. The number of fused-ring (bicyclic) bond motifs is 1. The standard InChI is InChI=1S/C31H42O8/c1-18-13-14-30(6,7)26(34)16-25(37-21(4)32)19(2)15-24-27(39-29(35)23-11-9-8-10-12-23)20(3)17-31(24,36)28(18)38-22(5)33/h8-15,18,20,24-28,34,36H,16-17H2,1-7H3/b14-13-,19-15+/t18-,20-,24-,25+,26+,27-,28-,31+/m0/s1. The van der Waals surface area contributed by atoms with Crippen LogP contribution in [0.2, 0.25) is 0 Å². The van der Waals surface area contributed by atoms with Gasteiger partial charge in [-0.3, -0.25) is 9.59 Å². The second-order valence-electron chi connectivity index (χ2n) is 11.8. The Balaban J connectivity index is 2.16. The van der Waals surface area contributed by atoms with Crippen LogP contribution in [0.15, 0.2) is 54.1 Å². The Hall–Kier alpha value is -2.97. The van der Waals surface area contributed by atoms with Gasteiger partial charge in [-0.15, -0.1) is 0 Å². The molecular formula is C31H42O8. The summed E-state index contributed by atoms with van der Waals surface area (Å²) >= 11 is 0. The van der Waals surface area contributed by atoms with E-state index in [2.05, 4.69) is 0 Å². The molecule has 214 valence electrons. The SMILES string of the molecule is CC(=O)O[C@@H]1C[C@@H](O)C(C)(C)/C=C\[C@H](C)[C@H](OC(C)=O)[C@@]2(O)C[C@H](C)[C@H](OC(=O)c3ccccc3)[C@@H]2/C=C/1C. The van der Waals surface area contributed by atoms with E-state index in [-0.39, 0.29) is 18.8 Å². The Morgan fingerprint density at radius 1 is 0.974 bits per heavy atom. The molecular weight excluding hydrogens is 500 g/mol. The average Bonchev–Trinajstić information content (AvgIpc) is 3.09. The molecule has 0 aliphatic heterocycles. The number of aliphatic hydroxyl groups excluding tert-OH is 1. The van der Waals surface area contributed by atoms with Crippen molar-refractivity contribution in [1.82, 2.24) is 0 Å². The van der Waals surface area contributed by atoms with E-state index in [0.717, 1.165) is 0 Å². The summed E-state index contributed by atoms with van der Waals surface area (Å²) in [5.41, 5.74) is -1.33. The highest BCUT2D eigenvalue weighted by atomic mass is 16.6. The van der Waals surface area contributed by atoms with Crippen LogP contribution in [0, 0.1) is 23.2 Å². The predicted octanol–water partition coefficient (Wildman–Crippen LogP) is 4.39. The first-order valence-electron chi connectivity index (χ1n) is 13.5. The molecule has 1 fully saturated rings. The molecule has 8 heteroatoms. The van der Waals surface area contributed by atoms with Crippen molar-refractivity contribution in [3.05, 3.63) is 59.7 Å². The smallest absolute Gasteiger partial charge is 0.338 e. The number of carbonyl (C=O) groups excluding carboxylic acids is 3. The van der Waals surface area contributed by atoms with Gasteiger partial charge in [-0.1, -0.05) is 64.1 Å². The van der Waals surface area contributed by atoms with Crippen LogP contribution in [-0.2, 0) is 23.8 Å². The van der Waals surface area contributed by atoms with Gasteiger partial charge in [-0.2, -0.15) is 0 Å². The molecule has 3 rings (SSSR count). The highest BCUT2D eigenvalue weighted by Crippen LogP contribution is 2.48. The van der Waals surface area contributed by atoms with E-state index >= 15 is 0 Å². The minimum absolute atomic E-state index is 0.135. The molecule has 0 unspecified atom stereocenters. The topological polar surface area (TPSA) is 119 Å². The van der Waals surface area contributed by atoms with Crippen molar-refractivity contribution in [1.29, 1.82) is 0 Å². The molecule has 0 radical (unpaired) electrons. The van der Waals surface area contributed by atoms with Gasteiger partial charge in [0.15, 0.2) is 0 Å². The van der Waals surface area contributed by atoms with Crippen molar-refractivity contribution < 1.29 is 38.8 Å². The molecule has 1 aromatic carbocycles. The maximum absolute atomic E-state index is 13.1. The zero-order valence-electron chi connectivity index (χ0n) is 23.9. The molecule has 1 aromatic rings. The largest absolute Gasteiger partial charge is 0.459 e. The normalized spacial score (nSPS) is 36.6. The summed E-state index contributed by atoms with van der Waals surface area (Å²) in [5, 5.41) is 23.5. The second-order valence-corrected chi connectivity index (χ2v) is 11.8. The molecule has 8 atom stereocenters. The molecule has 2 N–H and O–H groups in total. The summed E-state index contributed by atoms with van der Waals surface area (Å²) in [6.45, 7) is 11.8. The number of carbonyl (C=O) groups is 3. The highest BCUT2D eigenvalue weighted by Gasteiger charge is 2.58. The number of aliphatic hydroxyl groups is 2. The maximum atomic E-state index is 13.1. The predicted molar refractivity (Wildman–Crippen MR) is 145 cm³/mol. The molecule has 0 spiro atoms. The molecule has 8 nitrogen and oxygen atoms in total. The second kappa shape index (κ2) is 12.0. The van der Waals surface area contributed by atoms with E-state index in [9.17, 15) is 24.6 Å². The summed E-state index contributed by atoms with van der Waals surface area (Å²) in [5.74, 6) is -3.09. The van der Waals surface area contributed by atoms with Crippen LogP contribution < -0.4 is 0 Å². The van der Waals surface area contributed by atoms with Crippen LogP contribution in [0.3, 0.4) is 0 Å². The van der Waals surface area contributed by atoms with Crippen molar-refractivity contribution in [3.8, 4) is 0 Å². The first-order valence-corrected chi connectivity index (χ1v) is 13.5. The number of benzene rings is 1. The first kappa shape index (κ1) is 30.6. The zero-order valence-corrected chi connectivity index (χ0v) is 23.9. The molecule has 0 bridgehead atoms. The number of esters is 3. The lowest BCUT2D eigenvalue weighted by Gasteiger charge is -2.40. The Bertz CT molecular complexity index is 1110. The Kier molecular flexibility index (Phi) is 9.44. The van der Waals surface area contributed by atoms with Crippen molar-refractivity contribution in [3.63, 3.8) is 0 Å². The Morgan fingerprint density at radius 3 is 2.18 bits per heavy atom. The third-order valence-corrected chi connectivity index (χ3v) is 8.04. The van der Waals surface area contributed by atoms with Crippen LogP contribution in [0.5, 0.6) is 0 Å². The summed E-state index contributed by atoms with van der Waals surface area (Å²) < 4.78 is 17.4. The Morgan fingerprint density at radius 2 is 1.59 bits per heavy atom. The van der Waals surface area contributed by atoms with Crippen molar-refractivity contribution in [2.45, 2.75) is 91.3 Å². The molecule has 0 amide bonds. The molecule has 0 heterocycles. The average molecular weight is 543 g/mol. The lowest BCUT2D eigenvalue weighted by atomic mass is 9.75. The van der Waals surface area contributed by atoms with E-state index in [1.807, 2.05) is 39.8 Å². The lowest BCUT2D eigenvalue weighted by molar-refractivity contribution is -0.173. The number of hydrogen-bond donors (Lipinski definition) is 2. The lowest BCUT2D eigenvalue weighted by Crippen LogP contribution is -2.52.